The zero-order valence-electron chi connectivity index (χ0n) is 10.4. The Morgan fingerprint density at radius 2 is 2.12 bits per heavy atom. The summed E-state index contributed by atoms with van der Waals surface area (Å²) in [5.74, 6) is 0.475. The average molecular weight is 238 g/mol. The molecule has 1 aromatic rings. The highest BCUT2D eigenvalue weighted by atomic mass is 16.5. The molecule has 1 unspecified atom stereocenters. The van der Waals surface area contributed by atoms with Gasteiger partial charge >= 0.3 is 5.97 Å². The van der Waals surface area contributed by atoms with Gasteiger partial charge in [0.2, 0.25) is 0 Å². The molecule has 0 fully saturated rings. The van der Waals surface area contributed by atoms with Gasteiger partial charge in [-0.15, -0.1) is 0 Å². The number of benzene rings is 1. The van der Waals surface area contributed by atoms with Crippen LogP contribution in [-0.4, -0.2) is 25.3 Å². The molecule has 1 aromatic carbocycles. The van der Waals surface area contributed by atoms with Crippen LogP contribution >= 0.6 is 0 Å². The Morgan fingerprint density at radius 3 is 2.65 bits per heavy atom. The number of ether oxygens (including phenoxy) is 2. The first kappa shape index (κ1) is 13.5. The van der Waals surface area contributed by atoms with Crippen LogP contribution in [-0.2, 0) is 9.53 Å². The Labute approximate surface area is 101 Å². The molecule has 0 amide bonds. The van der Waals surface area contributed by atoms with Crippen LogP contribution < -0.4 is 4.74 Å². The van der Waals surface area contributed by atoms with Crippen molar-refractivity contribution in [3.63, 3.8) is 0 Å². The maximum Gasteiger partial charge on any atom is 0.305 e. The molecule has 17 heavy (non-hydrogen) atoms. The molecule has 0 saturated heterocycles. The molecular formula is C13H18O4. The number of aryl methyl sites for hydroxylation is 1. The van der Waals surface area contributed by atoms with Crippen LogP contribution in [0.5, 0.6) is 5.75 Å². The van der Waals surface area contributed by atoms with Crippen LogP contribution in [0.1, 0.15) is 30.1 Å². The van der Waals surface area contributed by atoms with Crippen molar-refractivity contribution in [1.82, 2.24) is 0 Å². The first-order valence-electron chi connectivity index (χ1n) is 5.48. The van der Waals surface area contributed by atoms with Gasteiger partial charge in [-0.1, -0.05) is 6.07 Å². The van der Waals surface area contributed by atoms with Crippen molar-refractivity contribution < 1.29 is 19.4 Å². The summed E-state index contributed by atoms with van der Waals surface area (Å²) < 4.78 is 9.67. The molecule has 1 rings (SSSR count). The van der Waals surface area contributed by atoms with E-state index in [2.05, 4.69) is 4.74 Å². The van der Waals surface area contributed by atoms with E-state index in [-0.39, 0.29) is 12.4 Å². The fourth-order valence-corrected chi connectivity index (χ4v) is 1.63. The van der Waals surface area contributed by atoms with Crippen molar-refractivity contribution in [2.75, 3.05) is 14.2 Å². The highest BCUT2D eigenvalue weighted by Gasteiger charge is 2.11. The second-order valence-electron chi connectivity index (χ2n) is 3.86. The number of methoxy groups -OCH3 is 2. The average Bonchev–Trinajstić information content (AvgIpc) is 2.35. The summed E-state index contributed by atoms with van der Waals surface area (Å²) in [5, 5.41) is 9.90. The van der Waals surface area contributed by atoms with E-state index >= 15 is 0 Å². The summed E-state index contributed by atoms with van der Waals surface area (Å²) in [7, 11) is 2.95. The monoisotopic (exact) mass is 238 g/mol. The van der Waals surface area contributed by atoms with Crippen molar-refractivity contribution in [2.45, 2.75) is 25.9 Å². The molecule has 94 valence electrons. The molecule has 0 aliphatic heterocycles. The predicted molar refractivity (Wildman–Crippen MR) is 63.9 cm³/mol. The van der Waals surface area contributed by atoms with Gasteiger partial charge in [0.1, 0.15) is 5.75 Å². The third-order valence-corrected chi connectivity index (χ3v) is 2.65. The maximum absolute atomic E-state index is 11.0. The van der Waals surface area contributed by atoms with Gasteiger partial charge < -0.3 is 14.6 Å². The quantitative estimate of drug-likeness (QED) is 0.797. The topological polar surface area (TPSA) is 55.8 Å². The Hall–Kier alpha value is -1.55. The summed E-state index contributed by atoms with van der Waals surface area (Å²) in [6.07, 6.45) is -0.0834. The Bertz CT molecular complexity index is 387. The highest BCUT2D eigenvalue weighted by molar-refractivity contribution is 5.69. The van der Waals surface area contributed by atoms with Gasteiger partial charge in [-0.2, -0.15) is 0 Å². The largest absolute Gasteiger partial charge is 0.496 e. The first-order chi connectivity index (χ1) is 8.08. The predicted octanol–water partition coefficient (Wildman–Crippen LogP) is 1.99. The van der Waals surface area contributed by atoms with Crippen LogP contribution in [0.15, 0.2) is 18.2 Å². The highest BCUT2D eigenvalue weighted by Crippen LogP contribution is 2.24. The lowest BCUT2D eigenvalue weighted by atomic mass is 10.0. The Balaban J connectivity index is 2.66. The van der Waals surface area contributed by atoms with Crippen molar-refractivity contribution >= 4 is 5.97 Å². The smallest absolute Gasteiger partial charge is 0.305 e. The number of hydrogen-bond donors (Lipinski definition) is 1. The molecule has 0 aromatic heterocycles. The van der Waals surface area contributed by atoms with E-state index in [4.69, 9.17) is 4.74 Å². The summed E-state index contributed by atoms with van der Waals surface area (Å²) >= 11 is 0. The molecule has 1 atom stereocenters. The third-order valence-electron chi connectivity index (χ3n) is 2.65. The first-order valence-corrected chi connectivity index (χ1v) is 5.48. The lowest BCUT2D eigenvalue weighted by Gasteiger charge is -2.12. The van der Waals surface area contributed by atoms with E-state index in [9.17, 15) is 9.90 Å². The van der Waals surface area contributed by atoms with Gasteiger partial charge in [0.15, 0.2) is 0 Å². The summed E-state index contributed by atoms with van der Waals surface area (Å²) in [5.41, 5.74) is 1.74. The Kier molecular flexibility index (Phi) is 4.97. The Morgan fingerprint density at radius 1 is 1.41 bits per heavy atom. The molecule has 0 saturated carbocycles. The molecule has 0 aliphatic carbocycles. The number of aliphatic hydroxyl groups is 1. The van der Waals surface area contributed by atoms with E-state index in [1.165, 1.54) is 7.11 Å². The molecule has 0 bridgehead atoms. The zero-order valence-corrected chi connectivity index (χ0v) is 10.4. The summed E-state index contributed by atoms with van der Waals surface area (Å²) in [6.45, 7) is 1.91. The number of rotatable bonds is 5. The molecule has 0 heterocycles. The minimum absolute atomic E-state index is 0.211. The SMILES string of the molecule is COC(=O)CCC(O)c1ccc(OC)c(C)c1. The molecule has 1 N–H and O–H groups in total. The minimum Gasteiger partial charge on any atom is -0.496 e. The fraction of sp³-hybridized carbons (Fsp3) is 0.462. The molecular weight excluding hydrogens is 220 g/mol. The zero-order chi connectivity index (χ0) is 12.8. The van der Waals surface area contributed by atoms with Crippen LogP contribution in [0.25, 0.3) is 0 Å². The summed E-state index contributed by atoms with van der Waals surface area (Å²) in [4.78, 5) is 11.0. The van der Waals surface area contributed by atoms with Gasteiger partial charge in [-0.05, 0) is 36.6 Å². The van der Waals surface area contributed by atoms with E-state index < -0.39 is 6.10 Å². The van der Waals surface area contributed by atoms with Crippen molar-refractivity contribution in [1.29, 1.82) is 0 Å². The van der Waals surface area contributed by atoms with Crippen molar-refractivity contribution in [3.8, 4) is 5.75 Å². The molecule has 4 nitrogen and oxygen atoms in total. The van der Waals surface area contributed by atoms with E-state index in [0.29, 0.717) is 6.42 Å². The van der Waals surface area contributed by atoms with Gasteiger partial charge in [-0.3, -0.25) is 4.79 Å². The van der Waals surface area contributed by atoms with Crippen LogP contribution in [0.3, 0.4) is 0 Å². The number of aliphatic hydroxyl groups excluding tert-OH is 1. The van der Waals surface area contributed by atoms with Crippen LogP contribution in [0.4, 0.5) is 0 Å². The molecule has 4 heteroatoms. The number of hydrogen-bond acceptors (Lipinski definition) is 4. The number of esters is 1. The normalized spacial score (nSPS) is 12.0. The maximum atomic E-state index is 11.0. The van der Waals surface area contributed by atoms with E-state index in [1.807, 2.05) is 19.1 Å². The second-order valence-corrected chi connectivity index (χ2v) is 3.86. The number of carbonyl (C=O) groups excluding carboxylic acids is 1. The standard InChI is InChI=1S/C13H18O4/c1-9-8-10(4-6-12(9)16-2)11(14)5-7-13(15)17-3/h4,6,8,11,14H,5,7H2,1-3H3. The van der Waals surface area contributed by atoms with E-state index in [1.54, 1.807) is 13.2 Å². The third kappa shape index (κ3) is 3.75. The van der Waals surface area contributed by atoms with Crippen LogP contribution in [0.2, 0.25) is 0 Å². The van der Waals surface area contributed by atoms with E-state index in [0.717, 1.165) is 16.9 Å². The van der Waals surface area contributed by atoms with Gasteiger partial charge in [0.25, 0.3) is 0 Å². The van der Waals surface area contributed by atoms with Crippen LogP contribution in [0, 0.1) is 6.92 Å². The molecule has 0 aliphatic rings. The lowest BCUT2D eigenvalue weighted by Crippen LogP contribution is -2.05. The summed E-state index contributed by atoms with van der Waals surface area (Å²) in [6, 6.07) is 5.47. The minimum atomic E-state index is -0.654. The van der Waals surface area contributed by atoms with Gasteiger partial charge in [-0.25, -0.2) is 0 Å². The molecule has 0 spiro atoms. The fourth-order valence-electron chi connectivity index (χ4n) is 1.63. The number of carbonyl (C=O) groups is 1. The lowest BCUT2D eigenvalue weighted by molar-refractivity contribution is -0.141. The van der Waals surface area contributed by atoms with Gasteiger partial charge in [0, 0.05) is 6.42 Å². The molecule has 0 radical (unpaired) electrons. The van der Waals surface area contributed by atoms with Crippen molar-refractivity contribution in [2.24, 2.45) is 0 Å². The van der Waals surface area contributed by atoms with Gasteiger partial charge in [0.05, 0.1) is 20.3 Å². The second kappa shape index (κ2) is 6.25. The van der Waals surface area contributed by atoms with Crippen molar-refractivity contribution in [3.05, 3.63) is 29.3 Å².